The lowest BCUT2D eigenvalue weighted by molar-refractivity contribution is -0.119. The molecule has 1 atom stereocenters. The van der Waals surface area contributed by atoms with Gasteiger partial charge in [0.1, 0.15) is 11.6 Å². The predicted octanol–water partition coefficient (Wildman–Crippen LogP) is 1.95. The highest BCUT2D eigenvalue weighted by molar-refractivity contribution is 6.02. The molecular weight excluding hydrogens is 284 g/mol. The van der Waals surface area contributed by atoms with Crippen LogP contribution in [0.5, 0.6) is 0 Å². The Kier molecular flexibility index (Phi) is 4.88. The molecule has 7 heteroatoms. The van der Waals surface area contributed by atoms with E-state index in [4.69, 9.17) is 0 Å². The van der Waals surface area contributed by atoms with Gasteiger partial charge in [-0.05, 0) is 24.1 Å². The molecule has 7 nitrogen and oxygen atoms in total. The Morgan fingerprint density at radius 3 is 2.64 bits per heavy atom. The Hall–Kier alpha value is -2.70. The zero-order chi connectivity index (χ0) is 16.1. The number of amides is 2. The van der Waals surface area contributed by atoms with Gasteiger partial charge in [0.15, 0.2) is 0 Å². The molecule has 0 fully saturated rings. The summed E-state index contributed by atoms with van der Waals surface area (Å²) in [6.45, 7) is 3.67. The molecule has 0 aromatic carbocycles. The number of methoxy groups -OCH3 is 1. The van der Waals surface area contributed by atoms with Crippen LogP contribution >= 0.6 is 0 Å². The molecule has 2 aromatic heterocycles. The maximum Gasteiger partial charge on any atom is 0.407 e. The minimum absolute atomic E-state index is 0.0971. The van der Waals surface area contributed by atoms with Crippen molar-refractivity contribution in [1.29, 1.82) is 0 Å². The molecule has 0 aliphatic carbocycles. The number of carbonyl (C=O) groups excluding carboxylic acids is 2. The monoisotopic (exact) mass is 302 g/mol. The molecule has 0 spiro atoms. The maximum absolute atomic E-state index is 12.4. The first-order chi connectivity index (χ1) is 10.5. The first-order valence-electron chi connectivity index (χ1n) is 6.88. The summed E-state index contributed by atoms with van der Waals surface area (Å²) in [5.74, 6) is -0.432. The second kappa shape index (κ2) is 6.84. The fraction of sp³-hybridized carbons (Fsp3) is 0.333. The molecule has 0 bridgehead atoms. The van der Waals surface area contributed by atoms with Gasteiger partial charge in [-0.1, -0.05) is 13.8 Å². The van der Waals surface area contributed by atoms with Gasteiger partial charge in [-0.25, -0.2) is 4.79 Å². The summed E-state index contributed by atoms with van der Waals surface area (Å²) in [6, 6.07) is 4.55. The minimum atomic E-state index is -0.709. The van der Waals surface area contributed by atoms with E-state index in [0.29, 0.717) is 16.7 Å². The van der Waals surface area contributed by atoms with Crippen molar-refractivity contribution >= 4 is 28.7 Å². The topological polar surface area (TPSA) is 93.2 Å². The Morgan fingerprint density at radius 1 is 1.18 bits per heavy atom. The van der Waals surface area contributed by atoms with Crippen LogP contribution in [0.15, 0.2) is 30.6 Å². The van der Waals surface area contributed by atoms with Crippen LogP contribution in [0, 0.1) is 5.92 Å². The maximum atomic E-state index is 12.4. The largest absolute Gasteiger partial charge is 0.453 e. The predicted molar refractivity (Wildman–Crippen MR) is 82.3 cm³/mol. The quantitative estimate of drug-likeness (QED) is 0.900. The van der Waals surface area contributed by atoms with E-state index in [1.165, 1.54) is 7.11 Å². The van der Waals surface area contributed by atoms with Crippen LogP contribution < -0.4 is 10.6 Å². The van der Waals surface area contributed by atoms with Crippen LogP contribution in [0.2, 0.25) is 0 Å². The fourth-order valence-electron chi connectivity index (χ4n) is 2.01. The number of nitrogens with zero attached hydrogens (tertiary/aromatic N) is 2. The summed E-state index contributed by atoms with van der Waals surface area (Å²) >= 11 is 0. The van der Waals surface area contributed by atoms with Crippen molar-refractivity contribution in [2.75, 3.05) is 12.4 Å². The third-order valence-electron chi connectivity index (χ3n) is 3.16. The zero-order valence-electron chi connectivity index (χ0n) is 12.7. The Balaban J connectivity index is 2.23. The SMILES string of the molecule is COC(=O)N[C@H](C(=O)Nc1ccnc2cccnc12)C(C)C. The first-order valence-corrected chi connectivity index (χ1v) is 6.88. The van der Waals surface area contributed by atoms with Gasteiger partial charge >= 0.3 is 6.09 Å². The number of aromatic nitrogens is 2. The van der Waals surface area contributed by atoms with E-state index in [1.54, 1.807) is 24.5 Å². The standard InChI is InChI=1S/C15H18N4O3/c1-9(2)12(19-15(21)22-3)14(20)18-11-6-8-16-10-5-4-7-17-13(10)11/h4-9,12H,1-3H3,(H,19,21)(H,16,18,20)/t12-/m0/s1. The van der Waals surface area contributed by atoms with Gasteiger partial charge in [-0.2, -0.15) is 0 Å². The van der Waals surface area contributed by atoms with Gasteiger partial charge in [0.2, 0.25) is 5.91 Å². The third-order valence-corrected chi connectivity index (χ3v) is 3.16. The van der Waals surface area contributed by atoms with Gasteiger partial charge in [0, 0.05) is 12.4 Å². The number of hydrogen-bond donors (Lipinski definition) is 2. The molecule has 2 rings (SSSR count). The molecule has 2 amide bonds. The van der Waals surface area contributed by atoms with Crippen molar-refractivity contribution < 1.29 is 14.3 Å². The Labute approximate surface area is 128 Å². The molecular formula is C15H18N4O3. The second-order valence-corrected chi connectivity index (χ2v) is 5.08. The van der Waals surface area contributed by atoms with Gasteiger partial charge in [-0.15, -0.1) is 0 Å². The van der Waals surface area contributed by atoms with E-state index in [2.05, 4.69) is 25.3 Å². The number of carbonyl (C=O) groups is 2. The lowest BCUT2D eigenvalue weighted by atomic mass is 10.0. The first kappa shape index (κ1) is 15.7. The number of rotatable bonds is 4. The summed E-state index contributed by atoms with van der Waals surface area (Å²) in [5, 5.41) is 5.31. The van der Waals surface area contributed by atoms with E-state index in [-0.39, 0.29) is 11.8 Å². The highest BCUT2D eigenvalue weighted by atomic mass is 16.5. The summed E-state index contributed by atoms with van der Waals surface area (Å²) in [6.07, 6.45) is 2.58. The number of pyridine rings is 2. The normalized spacial score (nSPS) is 12.0. The van der Waals surface area contributed by atoms with Crippen LogP contribution in [0.3, 0.4) is 0 Å². The second-order valence-electron chi connectivity index (χ2n) is 5.08. The highest BCUT2D eigenvalue weighted by Crippen LogP contribution is 2.19. The summed E-state index contributed by atoms with van der Waals surface area (Å²) in [4.78, 5) is 32.2. The van der Waals surface area contributed by atoms with Crippen LogP contribution in [-0.4, -0.2) is 35.1 Å². The van der Waals surface area contributed by atoms with Crippen LogP contribution in [0.25, 0.3) is 11.0 Å². The molecule has 116 valence electrons. The van der Waals surface area contributed by atoms with E-state index >= 15 is 0 Å². The Morgan fingerprint density at radius 2 is 1.95 bits per heavy atom. The van der Waals surface area contributed by atoms with E-state index in [1.807, 2.05) is 19.9 Å². The fourth-order valence-corrected chi connectivity index (χ4v) is 2.01. The lowest BCUT2D eigenvalue weighted by Gasteiger charge is -2.21. The van der Waals surface area contributed by atoms with Crippen LogP contribution in [-0.2, 0) is 9.53 Å². The van der Waals surface area contributed by atoms with E-state index in [0.717, 1.165) is 0 Å². The number of nitrogens with one attached hydrogen (secondary N) is 2. The molecule has 0 aliphatic rings. The van der Waals surface area contributed by atoms with Gasteiger partial charge in [-0.3, -0.25) is 14.8 Å². The number of alkyl carbamates (subject to hydrolysis) is 1. The lowest BCUT2D eigenvalue weighted by Crippen LogP contribution is -2.47. The zero-order valence-corrected chi connectivity index (χ0v) is 12.7. The molecule has 2 aromatic rings. The molecule has 0 saturated heterocycles. The third kappa shape index (κ3) is 3.49. The van der Waals surface area contributed by atoms with Crippen LogP contribution in [0.4, 0.5) is 10.5 Å². The van der Waals surface area contributed by atoms with Crippen molar-refractivity contribution in [2.45, 2.75) is 19.9 Å². The van der Waals surface area contributed by atoms with E-state index in [9.17, 15) is 9.59 Å². The molecule has 0 radical (unpaired) electrons. The van der Waals surface area contributed by atoms with Crippen LogP contribution in [0.1, 0.15) is 13.8 Å². The molecule has 22 heavy (non-hydrogen) atoms. The van der Waals surface area contributed by atoms with Gasteiger partial charge in [0.25, 0.3) is 0 Å². The minimum Gasteiger partial charge on any atom is -0.453 e. The average molecular weight is 302 g/mol. The number of anilines is 1. The average Bonchev–Trinajstić information content (AvgIpc) is 2.52. The number of fused-ring (bicyclic) bond motifs is 1. The highest BCUT2D eigenvalue weighted by Gasteiger charge is 2.25. The van der Waals surface area contributed by atoms with Crippen molar-refractivity contribution in [3.63, 3.8) is 0 Å². The van der Waals surface area contributed by atoms with Crippen molar-refractivity contribution in [2.24, 2.45) is 5.92 Å². The summed E-state index contributed by atoms with van der Waals surface area (Å²) < 4.78 is 4.55. The molecule has 2 N–H and O–H groups in total. The van der Waals surface area contributed by atoms with Gasteiger partial charge in [0.05, 0.1) is 18.3 Å². The van der Waals surface area contributed by atoms with Crippen molar-refractivity contribution in [1.82, 2.24) is 15.3 Å². The molecule has 0 saturated carbocycles. The molecule has 0 unspecified atom stereocenters. The smallest absolute Gasteiger partial charge is 0.407 e. The Bertz CT molecular complexity index is 682. The number of ether oxygens (including phenoxy) is 1. The number of hydrogen-bond acceptors (Lipinski definition) is 5. The summed E-state index contributed by atoms with van der Waals surface area (Å²) in [7, 11) is 1.25. The van der Waals surface area contributed by atoms with Crippen molar-refractivity contribution in [3.8, 4) is 0 Å². The molecule has 2 heterocycles. The molecule has 0 aliphatic heterocycles. The van der Waals surface area contributed by atoms with E-state index < -0.39 is 12.1 Å². The van der Waals surface area contributed by atoms with Gasteiger partial charge < -0.3 is 15.4 Å². The van der Waals surface area contributed by atoms with Crippen molar-refractivity contribution in [3.05, 3.63) is 30.6 Å². The summed E-state index contributed by atoms with van der Waals surface area (Å²) in [5.41, 5.74) is 1.83.